The molecule has 0 saturated carbocycles. The Morgan fingerprint density at radius 3 is 2.57 bits per heavy atom. The van der Waals surface area contributed by atoms with Gasteiger partial charge in [0.05, 0.1) is 5.69 Å². The predicted octanol–water partition coefficient (Wildman–Crippen LogP) is 3.81. The quantitative estimate of drug-likeness (QED) is 0.485. The maximum absolute atomic E-state index is 12.1. The van der Waals surface area contributed by atoms with Gasteiger partial charge in [-0.3, -0.25) is 4.79 Å². The van der Waals surface area contributed by atoms with Crippen molar-refractivity contribution in [2.45, 2.75) is 38.3 Å². The number of hydrogen-bond acceptors (Lipinski definition) is 6. The minimum absolute atomic E-state index is 0.00927. The van der Waals surface area contributed by atoms with Crippen LogP contribution in [0.4, 0.5) is 11.5 Å². The lowest BCUT2D eigenvalue weighted by Gasteiger charge is -2.38. The van der Waals surface area contributed by atoms with Crippen LogP contribution in [0, 0.1) is 0 Å². The second kappa shape index (κ2) is 10.2. The summed E-state index contributed by atoms with van der Waals surface area (Å²) in [7, 11) is 0. The third-order valence-electron chi connectivity index (χ3n) is 7.85. The van der Waals surface area contributed by atoms with Crippen LogP contribution in [-0.4, -0.2) is 59.5 Å². The van der Waals surface area contributed by atoms with Gasteiger partial charge in [-0.25, -0.2) is 0 Å². The van der Waals surface area contributed by atoms with Crippen molar-refractivity contribution in [3.63, 3.8) is 0 Å². The van der Waals surface area contributed by atoms with E-state index in [0.29, 0.717) is 31.7 Å². The van der Waals surface area contributed by atoms with Crippen molar-refractivity contribution in [2.75, 3.05) is 42.5 Å². The van der Waals surface area contributed by atoms with Crippen molar-refractivity contribution in [2.24, 2.45) is 0 Å². The molecule has 37 heavy (non-hydrogen) atoms. The van der Waals surface area contributed by atoms with Gasteiger partial charge in [-0.05, 0) is 42.5 Å². The summed E-state index contributed by atoms with van der Waals surface area (Å²) in [6.45, 7) is 7.94. The number of nitrogens with zero attached hydrogens (tertiary/aromatic N) is 5. The number of fused-ring (bicyclic) bond motifs is 2. The van der Waals surface area contributed by atoms with E-state index < -0.39 is 0 Å². The molecule has 1 saturated heterocycles. The van der Waals surface area contributed by atoms with Crippen LogP contribution in [0.5, 0.6) is 6.01 Å². The molecule has 0 spiro atoms. The number of benzene rings is 2. The molecule has 1 aromatic heterocycles. The van der Waals surface area contributed by atoms with Crippen molar-refractivity contribution in [1.29, 1.82) is 0 Å². The summed E-state index contributed by atoms with van der Waals surface area (Å²) >= 11 is 0. The first-order chi connectivity index (χ1) is 18.2. The zero-order valence-electron chi connectivity index (χ0n) is 21.2. The largest absolute Gasteiger partial charge is 0.459 e. The van der Waals surface area contributed by atoms with Crippen molar-refractivity contribution in [3.8, 4) is 6.01 Å². The fourth-order valence-corrected chi connectivity index (χ4v) is 5.88. The van der Waals surface area contributed by atoms with Crippen LogP contribution in [0.15, 0.2) is 67.3 Å². The smallest absolute Gasteiger partial charge is 0.318 e. The fourth-order valence-electron chi connectivity index (χ4n) is 5.88. The summed E-state index contributed by atoms with van der Waals surface area (Å²) in [5, 5.41) is 0. The van der Waals surface area contributed by atoms with Crippen molar-refractivity contribution < 1.29 is 9.53 Å². The molecule has 3 heterocycles. The lowest BCUT2D eigenvalue weighted by atomic mass is 9.90. The highest BCUT2D eigenvalue weighted by molar-refractivity contribution is 5.87. The second-order valence-corrected chi connectivity index (χ2v) is 10.0. The monoisotopic (exact) mass is 495 g/mol. The first-order valence-corrected chi connectivity index (χ1v) is 13.3. The van der Waals surface area contributed by atoms with E-state index in [4.69, 9.17) is 14.7 Å². The molecule has 7 nitrogen and oxygen atoms in total. The van der Waals surface area contributed by atoms with Gasteiger partial charge in [0, 0.05) is 56.4 Å². The molecular formula is C30H33N5O2. The number of rotatable bonds is 6. The summed E-state index contributed by atoms with van der Waals surface area (Å²) in [5.74, 6) is 0.962. The number of para-hydroxylation sites is 1. The minimum atomic E-state index is -0.00927. The maximum Gasteiger partial charge on any atom is 0.318 e. The number of ether oxygens (including phenoxy) is 1. The number of carbonyl (C=O) groups is 1. The standard InChI is InChI=1S/C30H33N5O2/c1-2-28(36)33-16-18-34(19-17-33)29-25-13-12-24(35-15-14-23-10-6-7-11-27(23)35)20-26(25)31-30(32-29)37-21-22-8-4-3-5-9-22/h2-11,24H,1,12-21H2. The van der Waals surface area contributed by atoms with E-state index in [9.17, 15) is 4.79 Å². The normalized spacial score (nSPS) is 18.8. The molecule has 6 rings (SSSR count). The molecule has 0 bridgehead atoms. The Morgan fingerprint density at radius 2 is 1.76 bits per heavy atom. The van der Waals surface area contributed by atoms with Crippen molar-refractivity contribution >= 4 is 17.4 Å². The van der Waals surface area contributed by atoms with E-state index in [0.717, 1.165) is 62.4 Å². The van der Waals surface area contributed by atoms with Gasteiger partial charge in [-0.1, -0.05) is 55.1 Å². The first-order valence-electron chi connectivity index (χ1n) is 13.3. The van der Waals surface area contributed by atoms with Gasteiger partial charge in [-0.15, -0.1) is 0 Å². The lowest BCUT2D eigenvalue weighted by Crippen LogP contribution is -2.49. The van der Waals surface area contributed by atoms with Crippen LogP contribution >= 0.6 is 0 Å². The molecular weight excluding hydrogens is 462 g/mol. The van der Waals surface area contributed by atoms with Crippen LogP contribution in [0.3, 0.4) is 0 Å². The number of carbonyl (C=O) groups excluding carboxylic acids is 1. The SMILES string of the molecule is C=CC(=O)N1CCN(c2nc(OCc3ccccc3)nc3c2CCC(N2CCc4ccccc42)C3)CC1. The van der Waals surface area contributed by atoms with E-state index in [2.05, 4.69) is 52.8 Å². The number of anilines is 2. The van der Waals surface area contributed by atoms with Gasteiger partial charge in [0.1, 0.15) is 12.4 Å². The molecule has 190 valence electrons. The zero-order chi connectivity index (χ0) is 25.2. The molecule has 2 aliphatic heterocycles. The summed E-state index contributed by atoms with van der Waals surface area (Å²) in [6, 6.07) is 19.8. The van der Waals surface area contributed by atoms with Gasteiger partial charge >= 0.3 is 6.01 Å². The average Bonchev–Trinajstić information content (AvgIpc) is 3.40. The predicted molar refractivity (Wildman–Crippen MR) is 145 cm³/mol. The van der Waals surface area contributed by atoms with E-state index in [1.807, 2.05) is 23.1 Å². The Kier molecular flexibility index (Phi) is 6.51. The Morgan fingerprint density at radius 1 is 0.973 bits per heavy atom. The Bertz CT molecular complexity index is 1290. The van der Waals surface area contributed by atoms with Gasteiger partial charge in [0.25, 0.3) is 0 Å². The molecule has 3 aliphatic rings. The van der Waals surface area contributed by atoms with Crippen molar-refractivity contribution in [3.05, 3.63) is 89.6 Å². The maximum atomic E-state index is 12.1. The van der Waals surface area contributed by atoms with Gasteiger partial charge < -0.3 is 19.4 Å². The molecule has 3 aromatic rings. The summed E-state index contributed by atoms with van der Waals surface area (Å²) in [5.41, 5.74) is 6.23. The topological polar surface area (TPSA) is 61.8 Å². The van der Waals surface area contributed by atoms with Crippen LogP contribution in [-0.2, 0) is 30.7 Å². The number of hydrogen-bond donors (Lipinski definition) is 0. The summed E-state index contributed by atoms with van der Waals surface area (Å²) in [4.78, 5) is 28.7. The van der Waals surface area contributed by atoms with Crippen LogP contribution < -0.4 is 14.5 Å². The molecule has 7 heteroatoms. The number of amides is 1. The van der Waals surface area contributed by atoms with E-state index in [1.165, 1.54) is 22.9 Å². The van der Waals surface area contributed by atoms with Crippen LogP contribution in [0.1, 0.15) is 28.8 Å². The third-order valence-corrected chi connectivity index (χ3v) is 7.85. The van der Waals surface area contributed by atoms with Crippen LogP contribution in [0.2, 0.25) is 0 Å². The molecule has 0 N–H and O–H groups in total. The molecule has 1 amide bonds. The van der Waals surface area contributed by atoms with Gasteiger partial charge in [0.15, 0.2) is 0 Å². The first kappa shape index (κ1) is 23.5. The Labute approximate surface area is 218 Å². The molecule has 1 unspecified atom stereocenters. The molecule has 1 fully saturated rings. The minimum Gasteiger partial charge on any atom is -0.459 e. The van der Waals surface area contributed by atoms with Crippen LogP contribution in [0.25, 0.3) is 0 Å². The van der Waals surface area contributed by atoms with Crippen molar-refractivity contribution in [1.82, 2.24) is 14.9 Å². The highest BCUT2D eigenvalue weighted by atomic mass is 16.5. The fraction of sp³-hybridized carbons (Fsp3) is 0.367. The van der Waals surface area contributed by atoms with E-state index >= 15 is 0 Å². The van der Waals surface area contributed by atoms with E-state index in [1.54, 1.807) is 0 Å². The molecule has 0 radical (unpaired) electrons. The molecule has 1 aliphatic carbocycles. The molecule has 1 atom stereocenters. The lowest BCUT2D eigenvalue weighted by molar-refractivity contribution is -0.126. The summed E-state index contributed by atoms with van der Waals surface area (Å²) < 4.78 is 6.14. The van der Waals surface area contributed by atoms with Gasteiger partial charge in [0.2, 0.25) is 5.91 Å². The highest BCUT2D eigenvalue weighted by Crippen LogP contribution is 2.36. The zero-order valence-corrected chi connectivity index (χ0v) is 21.2. The Balaban J connectivity index is 1.27. The number of aromatic nitrogens is 2. The van der Waals surface area contributed by atoms with E-state index in [-0.39, 0.29) is 5.91 Å². The third kappa shape index (κ3) is 4.78. The summed E-state index contributed by atoms with van der Waals surface area (Å²) in [6.07, 6.45) is 5.41. The van der Waals surface area contributed by atoms with Gasteiger partial charge in [-0.2, -0.15) is 9.97 Å². The Hall–Kier alpha value is -3.87. The number of piperazine rings is 1. The molecule has 2 aromatic carbocycles. The highest BCUT2D eigenvalue weighted by Gasteiger charge is 2.33. The average molecular weight is 496 g/mol. The second-order valence-electron chi connectivity index (χ2n) is 10.0.